The zero-order valence-corrected chi connectivity index (χ0v) is 47.6. The van der Waals surface area contributed by atoms with Crippen molar-refractivity contribution < 1.29 is 56.2 Å². The minimum atomic E-state index is -5.08. The molecule has 0 spiro atoms. The van der Waals surface area contributed by atoms with E-state index in [0.717, 1.165) is 89.9 Å². The Morgan fingerprint density at radius 2 is 0.868 bits per heavy atom. The van der Waals surface area contributed by atoms with Crippen LogP contribution in [0.2, 0.25) is 0 Å². The van der Waals surface area contributed by atoms with Gasteiger partial charge in [0.25, 0.3) is 0 Å². The van der Waals surface area contributed by atoms with Crippen molar-refractivity contribution >= 4 is 16.4 Å². The van der Waals surface area contributed by atoms with Crippen LogP contribution in [0, 0.1) is 0 Å². The number of carbonyl (C=O) groups excluding carboxylic acids is 1. The quantitative estimate of drug-likeness (QED) is 0.0196. The van der Waals surface area contributed by atoms with E-state index in [2.05, 4.69) is 146 Å². The van der Waals surface area contributed by atoms with Gasteiger partial charge in [0.2, 0.25) is 0 Å². The SMILES string of the molecule is CC/C=C\C/C=C\C/C=C\C/C=C\C/C=C\C/C=C\C/C=C\CCCC(=O)OC(COCCCCCCCCCCCCCCC/C=C\C/C=C\C/C=C\C/C=C\CC)COC1OC(CO)C(O)C(OS(=O)(=O)O)C1O. The normalized spacial score (nSPS) is 19.6. The predicted octanol–water partition coefficient (Wildman–Crippen LogP) is 14.6. The number of allylic oxidation sites excluding steroid dienone is 22. The Bertz CT molecular complexity index is 1820. The average molecular weight is 1080 g/mol. The molecule has 6 unspecified atom stereocenters. The second-order valence-corrected chi connectivity index (χ2v) is 20.2. The van der Waals surface area contributed by atoms with Crippen LogP contribution in [0.5, 0.6) is 0 Å². The molecule has 432 valence electrons. The summed E-state index contributed by atoms with van der Waals surface area (Å²) in [4.78, 5) is 12.9. The molecular weight excluding hydrogens is 981 g/mol. The smallest absolute Gasteiger partial charge is 0.397 e. The van der Waals surface area contributed by atoms with Crippen LogP contribution in [0.3, 0.4) is 0 Å². The van der Waals surface area contributed by atoms with Crippen LogP contribution in [-0.2, 0) is 38.3 Å². The van der Waals surface area contributed by atoms with Crippen molar-refractivity contribution in [1.29, 1.82) is 0 Å². The number of unbranched alkanes of at least 4 members (excludes halogenated alkanes) is 14. The van der Waals surface area contributed by atoms with Gasteiger partial charge in [-0.2, -0.15) is 8.42 Å². The lowest BCUT2D eigenvalue weighted by Crippen LogP contribution is -2.60. The first-order valence-corrected chi connectivity index (χ1v) is 30.3. The summed E-state index contributed by atoms with van der Waals surface area (Å²) in [6, 6.07) is 0. The Morgan fingerprint density at radius 3 is 1.26 bits per heavy atom. The zero-order chi connectivity index (χ0) is 55.3. The highest BCUT2D eigenvalue weighted by Gasteiger charge is 2.48. The van der Waals surface area contributed by atoms with Crippen LogP contribution in [0.15, 0.2) is 134 Å². The molecule has 0 aromatic rings. The molecular formula is C63H102O12S. The summed E-state index contributed by atoms with van der Waals surface area (Å²) in [5, 5.41) is 30.9. The number of esters is 1. The minimum absolute atomic E-state index is 0.00268. The summed E-state index contributed by atoms with van der Waals surface area (Å²) in [6.07, 6.45) is 67.8. The van der Waals surface area contributed by atoms with Crippen molar-refractivity contribution in [2.24, 2.45) is 0 Å². The van der Waals surface area contributed by atoms with E-state index < -0.39 is 59.8 Å². The van der Waals surface area contributed by atoms with Crippen LogP contribution in [0.1, 0.15) is 194 Å². The first-order chi connectivity index (χ1) is 37.1. The minimum Gasteiger partial charge on any atom is -0.457 e. The van der Waals surface area contributed by atoms with E-state index in [1.807, 2.05) is 6.08 Å². The van der Waals surface area contributed by atoms with Crippen molar-refractivity contribution in [2.45, 2.75) is 230 Å². The van der Waals surface area contributed by atoms with Gasteiger partial charge in [0.05, 0.1) is 19.8 Å². The summed E-state index contributed by atoms with van der Waals surface area (Å²) in [7, 11) is -5.08. The molecule has 0 aliphatic carbocycles. The van der Waals surface area contributed by atoms with Crippen molar-refractivity contribution in [3.05, 3.63) is 134 Å². The van der Waals surface area contributed by atoms with Gasteiger partial charge in [-0.3, -0.25) is 9.35 Å². The molecule has 76 heavy (non-hydrogen) atoms. The summed E-state index contributed by atoms with van der Waals surface area (Å²) in [5.74, 6) is -0.461. The Kier molecular flexibility index (Phi) is 48.0. The van der Waals surface area contributed by atoms with Crippen molar-refractivity contribution in [3.8, 4) is 0 Å². The Labute approximate surface area is 461 Å². The van der Waals surface area contributed by atoms with Gasteiger partial charge in [0.15, 0.2) is 6.29 Å². The van der Waals surface area contributed by atoms with Crippen LogP contribution in [0.4, 0.5) is 0 Å². The van der Waals surface area contributed by atoms with E-state index in [-0.39, 0.29) is 19.6 Å². The maximum atomic E-state index is 12.9. The van der Waals surface area contributed by atoms with Crippen LogP contribution in [0.25, 0.3) is 0 Å². The molecule has 0 amide bonds. The standard InChI is InChI=1S/C63H102O12S/c1-3-5-7-9-11-13-15-17-19-21-23-25-27-28-29-31-33-35-37-39-41-43-45-47-49-51-53-71-55-57(56-72-63-61(67)62(75-76(68,69)70)60(66)58(54-64)74-63)73-59(65)52-50-48-46-44-42-40-38-36-34-32-30-26-24-22-20-18-16-14-12-10-8-6-4-2/h5-8,11-14,17-20,23-26,32,34,38,40,44,46,57-58,60-64,66-67H,3-4,9-10,15-16,21-22,27-31,33,35-37,39,41-43,45,47-56H2,1-2H3,(H,68,69,70)/b7-5-,8-6-,13-11-,14-12-,19-17-,20-18-,25-23-,26-24-,34-32-,40-38-,46-44-. The number of aliphatic hydroxyl groups is 3. The van der Waals surface area contributed by atoms with Gasteiger partial charge in [-0.05, 0) is 103 Å². The fourth-order valence-electron chi connectivity index (χ4n) is 8.01. The fraction of sp³-hybridized carbons (Fsp3) is 0.635. The number of ether oxygens (including phenoxy) is 4. The maximum Gasteiger partial charge on any atom is 0.397 e. The second kappa shape index (κ2) is 52.0. The van der Waals surface area contributed by atoms with Gasteiger partial charge in [-0.15, -0.1) is 0 Å². The number of aliphatic hydroxyl groups excluding tert-OH is 3. The van der Waals surface area contributed by atoms with Crippen molar-refractivity contribution in [2.75, 3.05) is 26.4 Å². The molecule has 1 aliphatic heterocycles. The predicted molar refractivity (Wildman–Crippen MR) is 312 cm³/mol. The van der Waals surface area contributed by atoms with Crippen molar-refractivity contribution in [1.82, 2.24) is 0 Å². The highest BCUT2D eigenvalue weighted by molar-refractivity contribution is 7.80. The number of hydrogen-bond acceptors (Lipinski definition) is 11. The van der Waals surface area contributed by atoms with Gasteiger partial charge >= 0.3 is 16.4 Å². The van der Waals surface area contributed by atoms with E-state index in [4.69, 9.17) is 18.9 Å². The molecule has 1 fully saturated rings. The lowest BCUT2D eigenvalue weighted by molar-refractivity contribution is -0.301. The molecule has 1 rings (SSSR count). The molecule has 1 aliphatic rings. The van der Waals surface area contributed by atoms with Gasteiger partial charge in [-0.1, -0.05) is 218 Å². The second-order valence-electron chi connectivity index (χ2n) is 19.1. The van der Waals surface area contributed by atoms with Gasteiger partial charge in [0.1, 0.15) is 30.5 Å². The average Bonchev–Trinajstić information content (AvgIpc) is 3.40. The highest BCUT2D eigenvalue weighted by Crippen LogP contribution is 2.26. The fourth-order valence-corrected chi connectivity index (χ4v) is 8.51. The summed E-state index contributed by atoms with van der Waals surface area (Å²) in [5.41, 5.74) is 0. The largest absolute Gasteiger partial charge is 0.457 e. The summed E-state index contributed by atoms with van der Waals surface area (Å²) < 4.78 is 59.4. The van der Waals surface area contributed by atoms with E-state index in [9.17, 15) is 33.1 Å². The Morgan fingerprint density at radius 1 is 0.500 bits per heavy atom. The van der Waals surface area contributed by atoms with Crippen LogP contribution >= 0.6 is 0 Å². The topological polar surface area (TPSA) is 178 Å². The summed E-state index contributed by atoms with van der Waals surface area (Å²) in [6.45, 7) is 3.68. The highest BCUT2D eigenvalue weighted by atomic mass is 32.3. The molecule has 1 saturated heterocycles. The molecule has 0 radical (unpaired) electrons. The number of rotatable bonds is 49. The van der Waals surface area contributed by atoms with Crippen LogP contribution < -0.4 is 0 Å². The molecule has 12 nitrogen and oxygen atoms in total. The van der Waals surface area contributed by atoms with Crippen LogP contribution in [-0.4, -0.2) is 97.5 Å². The molecule has 13 heteroatoms. The Hall–Kier alpha value is -3.76. The molecule has 0 aromatic carbocycles. The molecule has 0 aromatic heterocycles. The van der Waals surface area contributed by atoms with Crippen molar-refractivity contribution in [3.63, 3.8) is 0 Å². The molecule has 6 atom stereocenters. The molecule has 1 heterocycles. The lowest BCUT2D eigenvalue weighted by Gasteiger charge is -2.41. The third-order valence-electron chi connectivity index (χ3n) is 12.3. The van der Waals surface area contributed by atoms with E-state index in [1.165, 1.54) is 70.6 Å². The first-order valence-electron chi connectivity index (χ1n) is 28.9. The third-order valence-corrected chi connectivity index (χ3v) is 12.7. The monoisotopic (exact) mass is 1080 g/mol. The lowest BCUT2D eigenvalue weighted by atomic mass is 9.99. The Balaban J connectivity index is 2.35. The molecule has 0 saturated carbocycles. The molecule has 0 bridgehead atoms. The van der Waals surface area contributed by atoms with E-state index in [1.54, 1.807) is 0 Å². The zero-order valence-electron chi connectivity index (χ0n) is 46.8. The molecule has 4 N–H and O–H groups in total. The van der Waals surface area contributed by atoms with Gasteiger partial charge in [0, 0.05) is 13.0 Å². The number of carbonyl (C=O) groups is 1. The maximum absolute atomic E-state index is 12.9. The third kappa shape index (κ3) is 44.2. The van der Waals surface area contributed by atoms with E-state index >= 15 is 0 Å². The van der Waals surface area contributed by atoms with E-state index in [0.29, 0.717) is 19.4 Å². The summed E-state index contributed by atoms with van der Waals surface area (Å²) >= 11 is 0. The van der Waals surface area contributed by atoms with Gasteiger partial charge < -0.3 is 34.3 Å². The van der Waals surface area contributed by atoms with Gasteiger partial charge in [-0.25, -0.2) is 4.18 Å². The first kappa shape index (κ1) is 70.3. The number of hydrogen-bond donors (Lipinski definition) is 4.